The lowest BCUT2D eigenvalue weighted by Gasteiger charge is -2.04. The number of rotatable bonds is 7. The van der Waals surface area contributed by atoms with Gasteiger partial charge in [0.25, 0.3) is 5.56 Å². The normalized spacial score (nSPS) is 12.1. The number of nitrogens with two attached hydrogens (primary N) is 1. The molecule has 0 fully saturated rings. The number of nitrogens with zero attached hydrogens (tertiary/aromatic N) is 4. The molecule has 0 saturated carbocycles. The maximum atomic E-state index is 11.6. The number of nitrogens with one attached hydrogen (secondary N) is 1. The van der Waals surface area contributed by atoms with Crippen molar-refractivity contribution in [1.82, 2.24) is 25.0 Å². The smallest absolute Gasteiger partial charge is 0.325 e. The summed E-state index contributed by atoms with van der Waals surface area (Å²) in [7, 11) is -3.90. The van der Waals surface area contributed by atoms with Crippen LogP contribution in [0.1, 0.15) is 25.7 Å². The van der Waals surface area contributed by atoms with E-state index < -0.39 is 13.2 Å². The van der Waals surface area contributed by atoms with Crippen molar-refractivity contribution in [1.29, 1.82) is 0 Å². The van der Waals surface area contributed by atoms with Gasteiger partial charge in [-0.1, -0.05) is 18.1 Å². The summed E-state index contributed by atoms with van der Waals surface area (Å²) in [6.07, 6.45) is 2.64. The number of aryl methyl sites for hydroxylation is 1. The minimum atomic E-state index is -3.90. The molecular weight excluding hydrogens is 299 g/mol. The van der Waals surface area contributed by atoms with Gasteiger partial charge in [0.15, 0.2) is 11.2 Å². The minimum absolute atomic E-state index is 0.0118. The number of unbranched alkanes of at least 4 members (excludes halogenated alkanes) is 3. The second kappa shape index (κ2) is 6.33. The van der Waals surface area contributed by atoms with Crippen LogP contribution in [0.25, 0.3) is 11.2 Å². The summed E-state index contributed by atoms with van der Waals surface area (Å²) in [5.74, 6) is 0.0118. The lowest BCUT2D eigenvalue weighted by molar-refractivity contribution is 0.370. The molecule has 0 atom stereocenters. The van der Waals surface area contributed by atoms with E-state index in [0.717, 1.165) is 12.8 Å². The Bertz CT molecular complexity index is 720. The molecule has 0 bridgehead atoms. The first kappa shape index (κ1) is 15.6. The van der Waals surface area contributed by atoms with E-state index >= 15 is 0 Å². The molecule has 5 N–H and O–H groups in total. The highest BCUT2D eigenvalue weighted by Crippen LogP contribution is 2.35. The molecule has 0 aromatic carbocycles. The van der Waals surface area contributed by atoms with Crippen LogP contribution >= 0.6 is 7.60 Å². The average Bonchev–Trinajstić information content (AvgIpc) is 2.75. The molecule has 0 radical (unpaired) electrons. The van der Waals surface area contributed by atoms with Gasteiger partial charge in [0.1, 0.15) is 0 Å². The third-order valence-electron chi connectivity index (χ3n) is 2.96. The van der Waals surface area contributed by atoms with Gasteiger partial charge in [-0.3, -0.25) is 14.3 Å². The number of hydrogen-bond donors (Lipinski definition) is 4. The summed E-state index contributed by atoms with van der Waals surface area (Å²) in [5.41, 5.74) is 5.54. The number of hydrogen-bond acceptors (Lipinski definition) is 6. The first-order valence-corrected chi connectivity index (χ1v) is 8.30. The topological polar surface area (TPSA) is 160 Å². The Labute approximate surface area is 119 Å². The van der Waals surface area contributed by atoms with E-state index in [1.165, 1.54) is 4.68 Å². The van der Waals surface area contributed by atoms with Crippen LogP contribution in [-0.2, 0) is 11.1 Å². The lowest BCUT2D eigenvalue weighted by Crippen LogP contribution is -2.12. The van der Waals surface area contributed by atoms with Crippen LogP contribution in [0.4, 0.5) is 5.95 Å². The molecule has 2 rings (SSSR count). The molecule has 11 heteroatoms. The molecule has 0 unspecified atom stereocenters. The molecule has 0 aliphatic rings. The van der Waals surface area contributed by atoms with Crippen molar-refractivity contribution in [3.63, 3.8) is 0 Å². The Balaban J connectivity index is 1.87. The second-order valence-electron chi connectivity index (χ2n) is 4.74. The molecule has 2 aromatic rings. The Kier molecular flexibility index (Phi) is 4.71. The van der Waals surface area contributed by atoms with Crippen LogP contribution in [0.2, 0.25) is 0 Å². The highest BCUT2D eigenvalue weighted by Gasteiger charge is 2.12. The van der Waals surface area contributed by atoms with Crippen molar-refractivity contribution in [2.24, 2.45) is 0 Å². The highest BCUT2D eigenvalue weighted by atomic mass is 31.2. The van der Waals surface area contributed by atoms with Gasteiger partial charge in [-0.15, -0.1) is 5.10 Å². The quantitative estimate of drug-likeness (QED) is 0.404. The van der Waals surface area contributed by atoms with Gasteiger partial charge in [-0.2, -0.15) is 4.98 Å². The number of nitrogen functional groups attached to an aromatic ring is 1. The Morgan fingerprint density at radius 1 is 1.24 bits per heavy atom. The number of H-pyrrole nitrogens is 1. The van der Waals surface area contributed by atoms with Gasteiger partial charge in [0.05, 0.1) is 0 Å². The lowest BCUT2D eigenvalue weighted by atomic mass is 10.2. The van der Waals surface area contributed by atoms with E-state index in [2.05, 4.69) is 20.3 Å². The largest absolute Gasteiger partial charge is 0.369 e. The summed E-state index contributed by atoms with van der Waals surface area (Å²) >= 11 is 0. The summed E-state index contributed by atoms with van der Waals surface area (Å²) in [4.78, 5) is 35.4. The van der Waals surface area contributed by atoms with E-state index in [1.54, 1.807) is 0 Å². The van der Waals surface area contributed by atoms with Crippen LogP contribution in [-0.4, -0.2) is 40.9 Å². The molecule has 2 aromatic heterocycles. The fourth-order valence-electron chi connectivity index (χ4n) is 1.97. The second-order valence-corrected chi connectivity index (χ2v) is 6.52. The first-order chi connectivity index (χ1) is 9.87. The standard InChI is InChI=1S/C10H17N6O4P/c11-10-12-8-7(9(17)13-10)14-15-16(8)5-3-1-2-4-6-21(18,19)20/h1-6H2,(H2,18,19,20)(H3,11,12,13,17). The third kappa shape index (κ3) is 4.35. The van der Waals surface area contributed by atoms with E-state index in [4.69, 9.17) is 15.5 Å². The van der Waals surface area contributed by atoms with Gasteiger partial charge in [0, 0.05) is 12.7 Å². The van der Waals surface area contributed by atoms with E-state index in [0.29, 0.717) is 25.0 Å². The minimum Gasteiger partial charge on any atom is -0.369 e. The zero-order valence-electron chi connectivity index (χ0n) is 11.3. The summed E-state index contributed by atoms with van der Waals surface area (Å²) in [5, 5.41) is 7.61. The monoisotopic (exact) mass is 316 g/mol. The molecule has 21 heavy (non-hydrogen) atoms. The van der Waals surface area contributed by atoms with Crippen LogP contribution < -0.4 is 11.3 Å². The van der Waals surface area contributed by atoms with Crippen molar-refractivity contribution < 1.29 is 14.4 Å². The van der Waals surface area contributed by atoms with Crippen molar-refractivity contribution in [3.05, 3.63) is 10.4 Å². The Morgan fingerprint density at radius 3 is 2.67 bits per heavy atom. The van der Waals surface area contributed by atoms with Crippen LogP contribution in [0.15, 0.2) is 4.79 Å². The van der Waals surface area contributed by atoms with Crippen molar-refractivity contribution >= 4 is 24.7 Å². The predicted molar refractivity (Wildman–Crippen MR) is 75.7 cm³/mol. The molecule has 0 aliphatic heterocycles. The Hall–Kier alpha value is -1.77. The maximum absolute atomic E-state index is 11.6. The predicted octanol–water partition coefficient (Wildman–Crippen LogP) is -0.165. The summed E-state index contributed by atoms with van der Waals surface area (Å²) in [6, 6.07) is 0. The summed E-state index contributed by atoms with van der Waals surface area (Å²) < 4.78 is 12.2. The van der Waals surface area contributed by atoms with Gasteiger partial charge >= 0.3 is 7.60 Å². The fraction of sp³-hybridized carbons (Fsp3) is 0.600. The number of aromatic amines is 1. The molecule has 0 spiro atoms. The van der Waals surface area contributed by atoms with Crippen LogP contribution in [0.3, 0.4) is 0 Å². The van der Waals surface area contributed by atoms with Gasteiger partial charge in [0.2, 0.25) is 5.95 Å². The maximum Gasteiger partial charge on any atom is 0.325 e. The van der Waals surface area contributed by atoms with E-state index in [-0.39, 0.29) is 17.6 Å². The van der Waals surface area contributed by atoms with Crippen molar-refractivity contribution in [2.75, 3.05) is 11.9 Å². The Morgan fingerprint density at radius 2 is 1.95 bits per heavy atom. The van der Waals surface area contributed by atoms with Gasteiger partial charge < -0.3 is 15.5 Å². The fourth-order valence-corrected chi connectivity index (χ4v) is 2.60. The number of aromatic nitrogens is 5. The zero-order valence-corrected chi connectivity index (χ0v) is 12.2. The van der Waals surface area contributed by atoms with Gasteiger partial charge in [-0.05, 0) is 12.8 Å². The highest BCUT2D eigenvalue weighted by molar-refractivity contribution is 7.51. The van der Waals surface area contributed by atoms with E-state index in [1.807, 2.05) is 0 Å². The van der Waals surface area contributed by atoms with Crippen molar-refractivity contribution in [3.8, 4) is 0 Å². The SMILES string of the molecule is Nc1nc2c(nnn2CCCCCCP(=O)(O)O)c(=O)[nH]1. The van der Waals surface area contributed by atoms with Crippen molar-refractivity contribution in [2.45, 2.75) is 32.2 Å². The molecular formula is C10H17N6O4P. The summed E-state index contributed by atoms with van der Waals surface area (Å²) in [6.45, 7) is 0.516. The molecule has 0 saturated heterocycles. The van der Waals surface area contributed by atoms with Crippen LogP contribution in [0.5, 0.6) is 0 Å². The van der Waals surface area contributed by atoms with Gasteiger partial charge in [-0.25, -0.2) is 4.68 Å². The number of anilines is 1. The molecule has 2 heterocycles. The number of fused-ring (bicyclic) bond motifs is 1. The third-order valence-corrected chi connectivity index (χ3v) is 3.86. The average molecular weight is 316 g/mol. The van der Waals surface area contributed by atoms with Crippen LogP contribution in [0, 0.1) is 0 Å². The molecule has 0 amide bonds. The first-order valence-electron chi connectivity index (χ1n) is 6.50. The zero-order chi connectivity index (χ0) is 15.5. The van der Waals surface area contributed by atoms with E-state index in [9.17, 15) is 9.36 Å². The molecule has 116 valence electrons. The molecule has 10 nitrogen and oxygen atoms in total. The molecule has 0 aliphatic carbocycles.